The van der Waals surface area contributed by atoms with Gasteiger partial charge in [0.15, 0.2) is 0 Å². The van der Waals surface area contributed by atoms with Crippen LogP contribution in [0.3, 0.4) is 0 Å². The lowest BCUT2D eigenvalue weighted by atomic mass is 10.3. The highest BCUT2D eigenvalue weighted by Crippen LogP contribution is 2.25. The van der Waals surface area contributed by atoms with Gasteiger partial charge in [0.2, 0.25) is 5.91 Å². The van der Waals surface area contributed by atoms with Crippen LogP contribution in [0.4, 0.5) is 5.69 Å². The molecule has 1 aromatic carbocycles. The zero-order chi connectivity index (χ0) is 15.1. The van der Waals surface area contributed by atoms with E-state index in [-0.39, 0.29) is 12.5 Å². The van der Waals surface area contributed by atoms with E-state index >= 15 is 0 Å². The molecule has 0 aromatic heterocycles. The fraction of sp³-hybridized carbons (Fsp3) is 0.500. The van der Waals surface area contributed by atoms with E-state index in [0.29, 0.717) is 15.7 Å². The van der Waals surface area contributed by atoms with Gasteiger partial charge >= 0.3 is 0 Å². The summed E-state index contributed by atoms with van der Waals surface area (Å²) < 4.78 is 5.28. The van der Waals surface area contributed by atoms with Gasteiger partial charge in [-0.1, -0.05) is 23.2 Å². The van der Waals surface area contributed by atoms with Crippen LogP contribution >= 0.6 is 23.2 Å². The molecule has 1 aliphatic rings. The summed E-state index contributed by atoms with van der Waals surface area (Å²) in [5.74, 6) is -0.138. The van der Waals surface area contributed by atoms with Gasteiger partial charge in [0, 0.05) is 31.2 Å². The number of rotatable bonds is 6. The van der Waals surface area contributed by atoms with E-state index in [1.807, 2.05) is 0 Å². The van der Waals surface area contributed by atoms with E-state index in [1.165, 1.54) is 0 Å². The molecule has 0 saturated carbocycles. The van der Waals surface area contributed by atoms with E-state index in [0.717, 1.165) is 39.4 Å². The van der Waals surface area contributed by atoms with Crippen molar-refractivity contribution >= 4 is 34.8 Å². The maximum atomic E-state index is 11.8. The number of hydrogen-bond donors (Lipinski definition) is 2. The number of ether oxygens (including phenoxy) is 1. The zero-order valence-corrected chi connectivity index (χ0v) is 13.2. The van der Waals surface area contributed by atoms with Crippen LogP contribution < -0.4 is 10.6 Å². The molecule has 1 heterocycles. The molecule has 0 spiro atoms. The van der Waals surface area contributed by atoms with Crippen LogP contribution in [0, 0.1) is 0 Å². The summed E-state index contributed by atoms with van der Waals surface area (Å²) in [4.78, 5) is 14.1. The summed E-state index contributed by atoms with van der Waals surface area (Å²) in [6.07, 6.45) is 0. The molecule has 1 saturated heterocycles. The van der Waals surface area contributed by atoms with E-state index in [1.54, 1.807) is 18.2 Å². The Kier molecular flexibility index (Phi) is 6.73. The summed E-state index contributed by atoms with van der Waals surface area (Å²) in [6, 6.07) is 4.97. The van der Waals surface area contributed by atoms with Crippen molar-refractivity contribution in [3.63, 3.8) is 0 Å². The van der Waals surface area contributed by atoms with Crippen molar-refractivity contribution in [2.24, 2.45) is 0 Å². The molecule has 2 N–H and O–H groups in total. The van der Waals surface area contributed by atoms with Gasteiger partial charge in [-0.25, -0.2) is 0 Å². The van der Waals surface area contributed by atoms with Gasteiger partial charge in [0.1, 0.15) is 0 Å². The second-order valence-corrected chi connectivity index (χ2v) is 5.65. The number of carbonyl (C=O) groups excluding carboxylic acids is 1. The van der Waals surface area contributed by atoms with Crippen molar-refractivity contribution in [2.45, 2.75) is 0 Å². The molecule has 5 nitrogen and oxygen atoms in total. The number of benzene rings is 1. The molecule has 0 radical (unpaired) electrons. The Morgan fingerprint density at radius 2 is 2.05 bits per heavy atom. The molecule has 0 aliphatic carbocycles. The fourth-order valence-electron chi connectivity index (χ4n) is 2.05. The van der Waals surface area contributed by atoms with Crippen LogP contribution in [-0.4, -0.2) is 56.7 Å². The minimum absolute atomic E-state index is 0.138. The number of nitrogens with zero attached hydrogens (tertiary/aromatic N) is 1. The molecule has 1 aliphatic heterocycles. The van der Waals surface area contributed by atoms with Gasteiger partial charge in [0.25, 0.3) is 0 Å². The van der Waals surface area contributed by atoms with Crippen molar-refractivity contribution in [1.82, 2.24) is 10.2 Å². The molecule has 7 heteroatoms. The van der Waals surface area contributed by atoms with Gasteiger partial charge in [0.05, 0.1) is 30.5 Å². The average Bonchev–Trinajstić information content (AvgIpc) is 2.48. The van der Waals surface area contributed by atoms with Crippen LogP contribution in [-0.2, 0) is 9.53 Å². The number of hydrogen-bond acceptors (Lipinski definition) is 4. The molecule has 1 amide bonds. The van der Waals surface area contributed by atoms with Crippen molar-refractivity contribution in [1.29, 1.82) is 0 Å². The first-order valence-electron chi connectivity index (χ1n) is 6.91. The molecule has 116 valence electrons. The molecule has 0 bridgehead atoms. The van der Waals surface area contributed by atoms with E-state index in [9.17, 15) is 4.79 Å². The van der Waals surface area contributed by atoms with Crippen molar-refractivity contribution < 1.29 is 9.53 Å². The minimum atomic E-state index is -0.138. The molecular weight excluding hydrogens is 313 g/mol. The number of carbonyl (C=O) groups is 1. The molecule has 0 atom stereocenters. The van der Waals surface area contributed by atoms with Gasteiger partial charge in [-0.2, -0.15) is 0 Å². The van der Waals surface area contributed by atoms with Crippen LogP contribution in [0.1, 0.15) is 0 Å². The van der Waals surface area contributed by atoms with Crippen LogP contribution in [0.5, 0.6) is 0 Å². The number of halogens is 2. The van der Waals surface area contributed by atoms with Crippen LogP contribution in [0.2, 0.25) is 10.0 Å². The third-order valence-electron chi connectivity index (χ3n) is 3.20. The smallest absolute Gasteiger partial charge is 0.238 e. The highest BCUT2D eigenvalue weighted by Gasteiger charge is 2.10. The molecule has 21 heavy (non-hydrogen) atoms. The van der Waals surface area contributed by atoms with Gasteiger partial charge in [-0.3, -0.25) is 9.69 Å². The topological polar surface area (TPSA) is 53.6 Å². The lowest BCUT2D eigenvalue weighted by Crippen LogP contribution is -2.41. The maximum absolute atomic E-state index is 11.8. The lowest BCUT2D eigenvalue weighted by molar-refractivity contribution is -0.115. The number of nitrogens with one attached hydrogen (secondary N) is 2. The van der Waals surface area contributed by atoms with E-state index in [4.69, 9.17) is 27.9 Å². The predicted octanol–water partition coefficient (Wildman–Crippen LogP) is 1.85. The summed E-state index contributed by atoms with van der Waals surface area (Å²) in [5.41, 5.74) is 0.532. The SMILES string of the molecule is O=C(CNCCN1CCOCC1)Nc1cc(Cl)ccc1Cl. The highest BCUT2D eigenvalue weighted by atomic mass is 35.5. The first-order chi connectivity index (χ1) is 10.1. The second kappa shape index (κ2) is 8.56. The fourth-order valence-corrected chi connectivity index (χ4v) is 2.39. The monoisotopic (exact) mass is 331 g/mol. The molecule has 2 rings (SSSR count). The first-order valence-corrected chi connectivity index (χ1v) is 7.66. The third kappa shape index (κ3) is 5.80. The van der Waals surface area contributed by atoms with Gasteiger partial charge in [-0.05, 0) is 18.2 Å². The molecular formula is C14H19Cl2N3O2. The van der Waals surface area contributed by atoms with Gasteiger partial charge < -0.3 is 15.4 Å². The Labute approximate surface area is 134 Å². The standard InChI is InChI=1S/C14H19Cl2N3O2/c15-11-1-2-12(16)13(9-11)18-14(20)10-17-3-4-19-5-7-21-8-6-19/h1-2,9,17H,3-8,10H2,(H,18,20). The summed E-state index contributed by atoms with van der Waals surface area (Å²) in [5, 5.41) is 6.86. The van der Waals surface area contributed by atoms with Crippen LogP contribution in [0.15, 0.2) is 18.2 Å². The van der Waals surface area contributed by atoms with Crippen molar-refractivity contribution in [3.05, 3.63) is 28.2 Å². The summed E-state index contributed by atoms with van der Waals surface area (Å²) in [6.45, 7) is 5.39. The van der Waals surface area contributed by atoms with Gasteiger partial charge in [-0.15, -0.1) is 0 Å². The average molecular weight is 332 g/mol. The Hall–Kier alpha value is -0.850. The first kappa shape index (κ1) is 16.5. The Morgan fingerprint density at radius 1 is 1.29 bits per heavy atom. The van der Waals surface area contributed by atoms with E-state index in [2.05, 4.69) is 15.5 Å². The van der Waals surface area contributed by atoms with E-state index < -0.39 is 0 Å². The predicted molar refractivity (Wildman–Crippen MR) is 85.2 cm³/mol. The number of anilines is 1. The minimum Gasteiger partial charge on any atom is -0.379 e. The van der Waals surface area contributed by atoms with Crippen molar-refractivity contribution in [3.8, 4) is 0 Å². The lowest BCUT2D eigenvalue weighted by Gasteiger charge is -2.26. The van der Waals surface area contributed by atoms with Crippen molar-refractivity contribution in [2.75, 3.05) is 51.3 Å². The summed E-state index contributed by atoms with van der Waals surface area (Å²) in [7, 11) is 0. The number of amides is 1. The zero-order valence-electron chi connectivity index (χ0n) is 11.7. The summed E-state index contributed by atoms with van der Waals surface area (Å²) >= 11 is 11.9. The van der Waals surface area contributed by atoms with Crippen LogP contribution in [0.25, 0.3) is 0 Å². The number of morpholine rings is 1. The largest absolute Gasteiger partial charge is 0.379 e. The Morgan fingerprint density at radius 3 is 2.81 bits per heavy atom. The Bertz CT molecular complexity index is 479. The second-order valence-electron chi connectivity index (χ2n) is 4.80. The normalized spacial score (nSPS) is 15.9. The quantitative estimate of drug-likeness (QED) is 0.781. The highest BCUT2D eigenvalue weighted by molar-refractivity contribution is 6.35. The molecule has 0 unspecified atom stereocenters. The third-order valence-corrected chi connectivity index (χ3v) is 3.76. The molecule has 1 fully saturated rings. The Balaban J connectivity index is 1.66. The maximum Gasteiger partial charge on any atom is 0.238 e. The molecule has 1 aromatic rings.